The van der Waals surface area contributed by atoms with Crippen LogP contribution in [-0.4, -0.2) is 51.2 Å². The minimum atomic E-state index is -0.834. The highest BCUT2D eigenvalue weighted by Gasteiger charge is 2.14. The molecule has 2 aromatic heterocycles. The maximum absolute atomic E-state index is 11.4. The summed E-state index contributed by atoms with van der Waals surface area (Å²) in [4.78, 5) is 26.0. The molecule has 0 atom stereocenters. The van der Waals surface area contributed by atoms with Crippen molar-refractivity contribution >= 4 is 23.7 Å². The van der Waals surface area contributed by atoms with Gasteiger partial charge in [0.2, 0.25) is 5.91 Å². The summed E-state index contributed by atoms with van der Waals surface area (Å²) < 4.78 is 7.14. The molecule has 25 heavy (non-hydrogen) atoms. The van der Waals surface area contributed by atoms with Crippen molar-refractivity contribution < 1.29 is 14.3 Å². The molecule has 10 heteroatoms. The van der Waals surface area contributed by atoms with Crippen LogP contribution in [0.15, 0.2) is 29.7 Å². The normalized spacial score (nSPS) is 10.6. The average molecular weight is 364 g/mol. The zero-order valence-electron chi connectivity index (χ0n) is 13.8. The third-order valence-corrected chi connectivity index (χ3v) is 4.27. The Hall–Kier alpha value is -2.46. The number of urea groups is 1. The van der Waals surface area contributed by atoms with E-state index in [4.69, 9.17) is 10.5 Å². The number of imide groups is 1. The van der Waals surface area contributed by atoms with Crippen molar-refractivity contribution in [1.82, 2.24) is 25.1 Å². The number of nitrogens with two attached hydrogens (primary N) is 1. The maximum Gasteiger partial charge on any atom is 0.318 e. The molecule has 2 aromatic rings. The van der Waals surface area contributed by atoms with Crippen LogP contribution in [0, 0.1) is 0 Å². The minimum Gasteiger partial charge on any atom is -0.383 e. The number of hydrogen-bond donors (Lipinski definition) is 2. The number of hydrogen-bond acceptors (Lipinski definition) is 7. The minimum absolute atomic E-state index is 0.222. The number of rotatable bonds is 9. The Kier molecular flexibility index (Phi) is 7.36. The van der Waals surface area contributed by atoms with Crippen LogP contribution in [-0.2, 0) is 16.1 Å². The zero-order valence-corrected chi connectivity index (χ0v) is 14.7. The summed E-state index contributed by atoms with van der Waals surface area (Å²) in [6, 6.07) is 2.91. The van der Waals surface area contributed by atoms with E-state index < -0.39 is 6.03 Å². The highest BCUT2D eigenvalue weighted by atomic mass is 32.2. The van der Waals surface area contributed by atoms with Crippen molar-refractivity contribution in [1.29, 1.82) is 0 Å². The van der Waals surface area contributed by atoms with Gasteiger partial charge in [0.05, 0.1) is 13.2 Å². The van der Waals surface area contributed by atoms with Gasteiger partial charge in [0.25, 0.3) is 0 Å². The van der Waals surface area contributed by atoms with Crippen LogP contribution in [0.1, 0.15) is 12.8 Å². The van der Waals surface area contributed by atoms with Gasteiger partial charge in [-0.25, -0.2) is 4.79 Å². The topological polar surface area (TPSA) is 125 Å². The van der Waals surface area contributed by atoms with E-state index in [1.54, 1.807) is 19.5 Å². The Labute approximate surface area is 149 Å². The number of carbonyl (C=O) groups is 2. The molecule has 0 radical (unpaired) electrons. The number of methoxy groups -OCH3 is 1. The zero-order chi connectivity index (χ0) is 18.1. The van der Waals surface area contributed by atoms with E-state index in [1.807, 2.05) is 22.0 Å². The van der Waals surface area contributed by atoms with Crippen LogP contribution >= 0.6 is 11.8 Å². The molecule has 0 bridgehead atoms. The summed E-state index contributed by atoms with van der Waals surface area (Å²) in [7, 11) is 1.64. The van der Waals surface area contributed by atoms with Gasteiger partial charge in [-0.3, -0.25) is 19.7 Å². The van der Waals surface area contributed by atoms with Crippen LogP contribution in [0.5, 0.6) is 0 Å². The first-order valence-electron chi connectivity index (χ1n) is 7.66. The molecule has 2 rings (SSSR count). The molecule has 0 saturated carbocycles. The number of thioether (sulfide) groups is 1. The molecular weight excluding hydrogens is 344 g/mol. The molecular formula is C15H20N6O3S. The molecule has 134 valence electrons. The molecule has 2 heterocycles. The SMILES string of the molecule is COCCn1c(SCCCC(=O)NC(N)=O)nnc1-c1ccncc1. The van der Waals surface area contributed by atoms with E-state index in [1.165, 1.54) is 11.8 Å². The molecule has 0 aromatic carbocycles. The van der Waals surface area contributed by atoms with Crippen molar-refractivity contribution in [2.75, 3.05) is 19.5 Å². The van der Waals surface area contributed by atoms with Crippen LogP contribution in [0.3, 0.4) is 0 Å². The van der Waals surface area contributed by atoms with E-state index >= 15 is 0 Å². The van der Waals surface area contributed by atoms with Gasteiger partial charge in [-0.1, -0.05) is 11.8 Å². The fraction of sp³-hybridized carbons (Fsp3) is 0.400. The first kappa shape index (κ1) is 18.9. The Morgan fingerprint density at radius 1 is 1.32 bits per heavy atom. The molecule has 0 fully saturated rings. The number of amides is 3. The molecule has 0 spiro atoms. The lowest BCUT2D eigenvalue weighted by Gasteiger charge is -2.09. The van der Waals surface area contributed by atoms with Gasteiger partial charge < -0.3 is 10.5 Å². The third-order valence-electron chi connectivity index (χ3n) is 3.22. The summed E-state index contributed by atoms with van der Waals surface area (Å²) in [5, 5.41) is 11.3. The van der Waals surface area contributed by atoms with Crippen LogP contribution in [0.4, 0.5) is 4.79 Å². The van der Waals surface area contributed by atoms with Crippen LogP contribution in [0.25, 0.3) is 11.4 Å². The molecule has 0 unspecified atom stereocenters. The second-order valence-corrected chi connectivity index (χ2v) is 6.11. The van der Waals surface area contributed by atoms with Crippen LogP contribution in [0.2, 0.25) is 0 Å². The largest absolute Gasteiger partial charge is 0.383 e. The van der Waals surface area contributed by atoms with Gasteiger partial charge in [0.15, 0.2) is 11.0 Å². The summed E-state index contributed by atoms with van der Waals surface area (Å²) in [6.45, 7) is 1.15. The fourth-order valence-corrected chi connectivity index (χ4v) is 2.99. The smallest absolute Gasteiger partial charge is 0.318 e. The highest BCUT2D eigenvalue weighted by Crippen LogP contribution is 2.24. The van der Waals surface area contributed by atoms with E-state index in [0.717, 1.165) is 16.5 Å². The lowest BCUT2D eigenvalue weighted by Crippen LogP contribution is -2.34. The predicted molar refractivity (Wildman–Crippen MR) is 92.8 cm³/mol. The summed E-state index contributed by atoms with van der Waals surface area (Å²) >= 11 is 1.50. The monoisotopic (exact) mass is 364 g/mol. The van der Waals surface area contributed by atoms with E-state index in [0.29, 0.717) is 25.3 Å². The number of pyridine rings is 1. The van der Waals surface area contributed by atoms with Gasteiger partial charge in [-0.2, -0.15) is 0 Å². The number of nitrogens with zero attached hydrogens (tertiary/aromatic N) is 4. The fourth-order valence-electron chi connectivity index (χ4n) is 2.09. The van der Waals surface area contributed by atoms with Gasteiger partial charge in [0, 0.05) is 37.2 Å². The van der Waals surface area contributed by atoms with Gasteiger partial charge in [0.1, 0.15) is 0 Å². The first-order chi connectivity index (χ1) is 12.1. The number of ether oxygens (including phenoxy) is 1. The predicted octanol–water partition coefficient (Wildman–Crippen LogP) is 1.05. The lowest BCUT2D eigenvalue weighted by molar-refractivity contribution is -0.119. The van der Waals surface area contributed by atoms with E-state index in [-0.39, 0.29) is 12.3 Å². The van der Waals surface area contributed by atoms with Gasteiger partial charge >= 0.3 is 6.03 Å². The summed E-state index contributed by atoms with van der Waals surface area (Å²) in [5.74, 6) is 1.02. The molecule has 3 amide bonds. The first-order valence-corrected chi connectivity index (χ1v) is 8.65. The van der Waals surface area contributed by atoms with Crippen molar-refractivity contribution in [3.8, 4) is 11.4 Å². The molecule has 3 N–H and O–H groups in total. The Bertz CT molecular complexity index is 707. The van der Waals surface area contributed by atoms with Crippen molar-refractivity contribution in [2.24, 2.45) is 5.73 Å². The Morgan fingerprint density at radius 2 is 2.08 bits per heavy atom. The van der Waals surface area contributed by atoms with Crippen molar-refractivity contribution in [2.45, 2.75) is 24.5 Å². The number of aromatic nitrogens is 4. The van der Waals surface area contributed by atoms with Crippen molar-refractivity contribution in [3.05, 3.63) is 24.5 Å². The maximum atomic E-state index is 11.4. The Balaban J connectivity index is 1.99. The standard InChI is InChI=1S/C15H20N6O3S/c1-24-9-8-21-13(11-4-6-17-7-5-11)19-20-15(21)25-10-2-3-12(22)18-14(16)23/h4-7H,2-3,8-10H2,1H3,(H3,16,18,22,23). The number of primary amides is 1. The highest BCUT2D eigenvalue weighted by molar-refractivity contribution is 7.99. The number of carbonyl (C=O) groups excluding carboxylic acids is 2. The third kappa shape index (κ3) is 5.84. The molecule has 0 saturated heterocycles. The summed E-state index contributed by atoms with van der Waals surface area (Å²) in [5.41, 5.74) is 5.82. The van der Waals surface area contributed by atoms with Crippen molar-refractivity contribution in [3.63, 3.8) is 0 Å². The molecule has 0 aliphatic carbocycles. The molecule has 0 aliphatic rings. The lowest BCUT2D eigenvalue weighted by atomic mass is 10.2. The quantitative estimate of drug-likeness (QED) is 0.503. The average Bonchev–Trinajstić information content (AvgIpc) is 2.99. The van der Waals surface area contributed by atoms with Gasteiger partial charge in [-0.05, 0) is 18.6 Å². The number of nitrogens with one attached hydrogen (secondary N) is 1. The Morgan fingerprint density at radius 3 is 2.76 bits per heavy atom. The molecule has 0 aliphatic heterocycles. The van der Waals surface area contributed by atoms with Gasteiger partial charge in [-0.15, -0.1) is 10.2 Å². The summed E-state index contributed by atoms with van der Waals surface area (Å²) in [6.07, 6.45) is 4.22. The molecule has 9 nitrogen and oxygen atoms in total. The van der Waals surface area contributed by atoms with Crippen LogP contribution < -0.4 is 11.1 Å². The van der Waals surface area contributed by atoms with E-state index in [2.05, 4.69) is 15.2 Å². The van der Waals surface area contributed by atoms with E-state index in [9.17, 15) is 9.59 Å². The second-order valence-electron chi connectivity index (χ2n) is 5.05. The second kappa shape index (κ2) is 9.74.